The molecule has 0 aromatic heterocycles. The van der Waals surface area contributed by atoms with Crippen molar-refractivity contribution in [3.63, 3.8) is 0 Å². The van der Waals surface area contributed by atoms with Crippen LogP contribution in [0.4, 0.5) is 0 Å². The lowest BCUT2D eigenvalue weighted by Crippen LogP contribution is -2.11. The van der Waals surface area contributed by atoms with Crippen LogP contribution in [0.15, 0.2) is 12.7 Å². The van der Waals surface area contributed by atoms with Gasteiger partial charge in [0.2, 0.25) is 0 Å². The molecular formula is C11H22O. The lowest BCUT2D eigenvalue weighted by molar-refractivity contribution is 0.0504. The van der Waals surface area contributed by atoms with Crippen molar-refractivity contribution >= 4 is 0 Å². The molecule has 0 aliphatic carbocycles. The van der Waals surface area contributed by atoms with Crippen LogP contribution in [-0.2, 0) is 4.74 Å². The van der Waals surface area contributed by atoms with Gasteiger partial charge in [0.25, 0.3) is 0 Å². The third-order valence-electron chi connectivity index (χ3n) is 1.99. The van der Waals surface area contributed by atoms with Crippen molar-refractivity contribution in [3.05, 3.63) is 12.7 Å². The molecule has 72 valence electrons. The van der Waals surface area contributed by atoms with E-state index in [0.717, 1.165) is 19.4 Å². The van der Waals surface area contributed by atoms with Crippen LogP contribution >= 0.6 is 0 Å². The Morgan fingerprint density at radius 2 is 2.08 bits per heavy atom. The Labute approximate surface area is 76.8 Å². The normalized spacial score (nSPS) is 12.8. The highest BCUT2D eigenvalue weighted by molar-refractivity contribution is 4.72. The molecule has 1 atom stereocenters. The number of hydrogen-bond acceptors (Lipinski definition) is 1. The molecule has 12 heavy (non-hydrogen) atoms. The van der Waals surface area contributed by atoms with E-state index in [9.17, 15) is 0 Å². The molecule has 1 heteroatoms. The predicted molar refractivity (Wildman–Crippen MR) is 54.4 cm³/mol. The van der Waals surface area contributed by atoms with Gasteiger partial charge in [0.15, 0.2) is 0 Å². The van der Waals surface area contributed by atoms with Crippen molar-refractivity contribution in [1.29, 1.82) is 0 Å². The summed E-state index contributed by atoms with van der Waals surface area (Å²) in [5.74, 6) is 0. The average molecular weight is 170 g/mol. The summed E-state index contributed by atoms with van der Waals surface area (Å²) in [7, 11) is 0. The topological polar surface area (TPSA) is 9.23 Å². The van der Waals surface area contributed by atoms with Crippen LogP contribution < -0.4 is 0 Å². The van der Waals surface area contributed by atoms with Crippen molar-refractivity contribution < 1.29 is 4.74 Å². The van der Waals surface area contributed by atoms with Crippen molar-refractivity contribution in [2.75, 3.05) is 6.61 Å². The van der Waals surface area contributed by atoms with Gasteiger partial charge in [-0.15, -0.1) is 6.58 Å². The first-order valence-electron chi connectivity index (χ1n) is 5.07. The highest BCUT2D eigenvalue weighted by Crippen LogP contribution is 2.05. The molecule has 0 bridgehead atoms. The molecule has 0 N–H and O–H groups in total. The Bertz CT molecular complexity index is 99.2. The molecule has 0 saturated carbocycles. The summed E-state index contributed by atoms with van der Waals surface area (Å²) in [5, 5.41) is 0. The quantitative estimate of drug-likeness (QED) is 0.400. The fourth-order valence-electron chi connectivity index (χ4n) is 1.14. The van der Waals surface area contributed by atoms with Crippen LogP contribution in [0.1, 0.15) is 46.0 Å². The van der Waals surface area contributed by atoms with E-state index in [-0.39, 0.29) is 0 Å². The summed E-state index contributed by atoms with van der Waals surface area (Å²) in [4.78, 5) is 0. The number of rotatable bonds is 8. The molecule has 0 aliphatic heterocycles. The third-order valence-corrected chi connectivity index (χ3v) is 1.99. The minimum Gasteiger partial charge on any atom is -0.378 e. The van der Waals surface area contributed by atoms with Gasteiger partial charge in [-0.1, -0.05) is 32.8 Å². The Morgan fingerprint density at radius 1 is 1.33 bits per heavy atom. The highest BCUT2D eigenvalue weighted by Gasteiger charge is 2.02. The summed E-state index contributed by atoms with van der Waals surface area (Å²) in [5.41, 5.74) is 0. The molecule has 0 fully saturated rings. The van der Waals surface area contributed by atoms with Crippen LogP contribution in [0.25, 0.3) is 0 Å². The van der Waals surface area contributed by atoms with Gasteiger partial charge in [0.1, 0.15) is 0 Å². The summed E-state index contributed by atoms with van der Waals surface area (Å²) >= 11 is 0. The van der Waals surface area contributed by atoms with Crippen LogP contribution in [0.3, 0.4) is 0 Å². The van der Waals surface area contributed by atoms with Gasteiger partial charge < -0.3 is 4.74 Å². The maximum atomic E-state index is 5.66. The zero-order valence-corrected chi connectivity index (χ0v) is 8.51. The van der Waals surface area contributed by atoms with Crippen molar-refractivity contribution in [2.45, 2.75) is 52.1 Å². The summed E-state index contributed by atoms with van der Waals surface area (Å²) in [6.07, 6.45) is 8.17. The SMILES string of the molecule is C=CCC(CC)OCCCCC. The Hall–Kier alpha value is -0.300. The van der Waals surface area contributed by atoms with Crippen molar-refractivity contribution in [1.82, 2.24) is 0 Å². The molecule has 0 aromatic rings. The largest absolute Gasteiger partial charge is 0.378 e. The Kier molecular flexibility index (Phi) is 8.57. The summed E-state index contributed by atoms with van der Waals surface area (Å²) in [6.45, 7) is 9.00. The zero-order chi connectivity index (χ0) is 9.23. The lowest BCUT2D eigenvalue weighted by atomic mass is 10.2. The molecule has 0 radical (unpaired) electrons. The second kappa shape index (κ2) is 8.79. The maximum Gasteiger partial charge on any atom is 0.0606 e. The molecule has 1 unspecified atom stereocenters. The monoisotopic (exact) mass is 170 g/mol. The predicted octanol–water partition coefficient (Wildman–Crippen LogP) is 3.55. The number of ether oxygens (including phenoxy) is 1. The van der Waals surface area contributed by atoms with Crippen LogP contribution in [0, 0.1) is 0 Å². The summed E-state index contributed by atoms with van der Waals surface area (Å²) < 4.78 is 5.66. The van der Waals surface area contributed by atoms with E-state index >= 15 is 0 Å². The smallest absolute Gasteiger partial charge is 0.0606 e. The van der Waals surface area contributed by atoms with Gasteiger partial charge in [-0.3, -0.25) is 0 Å². The molecule has 0 rings (SSSR count). The second-order valence-electron chi connectivity index (χ2n) is 3.13. The first-order valence-corrected chi connectivity index (χ1v) is 5.07. The van der Waals surface area contributed by atoms with Gasteiger partial charge in [-0.05, 0) is 19.3 Å². The zero-order valence-electron chi connectivity index (χ0n) is 8.51. The van der Waals surface area contributed by atoms with E-state index in [2.05, 4.69) is 20.4 Å². The van der Waals surface area contributed by atoms with Gasteiger partial charge in [-0.2, -0.15) is 0 Å². The third kappa shape index (κ3) is 6.41. The van der Waals surface area contributed by atoms with Gasteiger partial charge in [0, 0.05) is 6.61 Å². The van der Waals surface area contributed by atoms with E-state index in [1.54, 1.807) is 0 Å². The fourth-order valence-corrected chi connectivity index (χ4v) is 1.14. The van der Waals surface area contributed by atoms with Crippen LogP contribution in [0.2, 0.25) is 0 Å². The summed E-state index contributed by atoms with van der Waals surface area (Å²) in [6, 6.07) is 0. The molecule has 0 saturated heterocycles. The van der Waals surface area contributed by atoms with E-state index < -0.39 is 0 Å². The van der Waals surface area contributed by atoms with Gasteiger partial charge in [0.05, 0.1) is 6.10 Å². The lowest BCUT2D eigenvalue weighted by Gasteiger charge is -2.13. The minimum atomic E-state index is 0.402. The molecular weight excluding hydrogens is 148 g/mol. The Morgan fingerprint density at radius 3 is 2.58 bits per heavy atom. The van der Waals surface area contributed by atoms with Crippen molar-refractivity contribution in [3.8, 4) is 0 Å². The minimum absolute atomic E-state index is 0.402. The molecule has 0 aromatic carbocycles. The molecule has 0 heterocycles. The highest BCUT2D eigenvalue weighted by atomic mass is 16.5. The molecule has 1 nitrogen and oxygen atoms in total. The second-order valence-corrected chi connectivity index (χ2v) is 3.13. The fraction of sp³-hybridized carbons (Fsp3) is 0.818. The van der Waals surface area contributed by atoms with Crippen molar-refractivity contribution in [2.24, 2.45) is 0 Å². The number of unbranched alkanes of at least 4 members (excludes halogenated alkanes) is 2. The molecule has 0 aliphatic rings. The molecule has 0 spiro atoms. The maximum absolute atomic E-state index is 5.66. The first-order chi connectivity index (χ1) is 5.85. The van der Waals surface area contributed by atoms with E-state index in [1.165, 1.54) is 19.3 Å². The Balaban J connectivity index is 3.25. The van der Waals surface area contributed by atoms with Gasteiger partial charge in [-0.25, -0.2) is 0 Å². The van der Waals surface area contributed by atoms with E-state index in [4.69, 9.17) is 4.74 Å². The average Bonchev–Trinajstić information content (AvgIpc) is 2.10. The first kappa shape index (κ1) is 11.7. The van der Waals surface area contributed by atoms with Crippen LogP contribution in [-0.4, -0.2) is 12.7 Å². The standard InChI is InChI=1S/C11H22O/c1-4-7-8-10-12-11(6-3)9-5-2/h5,11H,2,4,6-10H2,1,3H3. The molecule has 0 amide bonds. The number of hydrogen-bond donors (Lipinski definition) is 0. The van der Waals surface area contributed by atoms with E-state index in [1.807, 2.05) is 6.08 Å². The van der Waals surface area contributed by atoms with Gasteiger partial charge >= 0.3 is 0 Å². The van der Waals surface area contributed by atoms with Crippen LogP contribution in [0.5, 0.6) is 0 Å². The van der Waals surface area contributed by atoms with E-state index in [0.29, 0.717) is 6.10 Å².